The number of benzene rings is 2. The molecule has 182 valence electrons. The van der Waals surface area contributed by atoms with Crippen LogP contribution in [0.3, 0.4) is 0 Å². The molecule has 4 aromatic rings. The van der Waals surface area contributed by atoms with Gasteiger partial charge in [0.25, 0.3) is 5.56 Å². The number of hydrogen-bond acceptors (Lipinski definition) is 5. The minimum Gasteiger partial charge on any atom is -0.339 e. The molecule has 2 aromatic heterocycles. The zero-order valence-corrected chi connectivity index (χ0v) is 21.3. The molecule has 2 heterocycles. The van der Waals surface area contributed by atoms with E-state index in [0.717, 1.165) is 29.6 Å². The first-order valence-electron chi connectivity index (χ1n) is 12.4. The second-order valence-electron chi connectivity index (χ2n) is 9.29. The van der Waals surface area contributed by atoms with Crippen molar-refractivity contribution in [3.8, 4) is 5.69 Å². The average Bonchev–Trinajstić information content (AvgIpc) is 3.29. The van der Waals surface area contributed by atoms with Crippen molar-refractivity contribution in [1.82, 2.24) is 24.1 Å². The Morgan fingerprint density at radius 3 is 2.51 bits per heavy atom. The summed E-state index contributed by atoms with van der Waals surface area (Å²) in [6.07, 6.45) is 5.80. The molecule has 2 aromatic carbocycles. The van der Waals surface area contributed by atoms with E-state index in [-0.39, 0.29) is 16.7 Å². The lowest BCUT2D eigenvalue weighted by Gasteiger charge is -2.35. The van der Waals surface area contributed by atoms with Gasteiger partial charge in [-0.1, -0.05) is 60.9 Å². The van der Waals surface area contributed by atoms with Gasteiger partial charge in [0.1, 0.15) is 0 Å². The first-order valence-corrected chi connectivity index (χ1v) is 13.3. The van der Waals surface area contributed by atoms with Gasteiger partial charge in [0.2, 0.25) is 11.7 Å². The van der Waals surface area contributed by atoms with Crippen LogP contribution in [0.25, 0.3) is 22.4 Å². The highest BCUT2D eigenvalue weighted by Gasteiger charge is 2.29. The Bertz CT molecular complexity index is 1420. The number of hydrogen-bond donors (Lipinski definition) is 0. The van der Waals surface area contributed by atoms with Gasteiger partial charge in [-0.25, -0.2) is 4.57 Å². The smallest absolute Gasteiger partial charge is 0.267 e. The van der Waals surface area contributed by atoms with Gasteiger partial charge in [-0.2, -0.15) is 0 Å². The van der Waals surface area contributed by atoms with E-state index < -0.39 is 0 Å². The predicted molar refractivity (Wildman–Crippen MR) is 140 cm³/mol. The van der Waals surface area contributed by atoms with Crippen LogP contribution in [0.4, 0.5) is 0 Å². The van der Waals surface area contributed by atoms with E-state index >= 15 is 0 Å². The summed E-state index contributed by atoms with van der Waals surface area (Å²) < 4.78 is 3.51. The Kier molecular flexibility index (Phi) is 6.65. The van der Waals surface area contributed by atoms with Crippen molar-refractivity contribution in [1.29, 1.82) is 0 Å². The lowest BCUT2D eigenvalue weighted by Crippen LogP contribution is -2.44. The molecule has 0 saturated heterocycles. The highest BCUT2D eigenvalue weighted by molar-refractivity contribution is 8.00. The van der Waals surface area contributed by atoms with Crippen molar-refractivity contribution in [3.63, 3.8) is 0 Å². The summed E-state index contributed by atoms with van der Waals surface area (Å²) in [5.74, 6) is 0.580. The molecule has 1 fully saturated rings. The molecule has 1 unspecified atom stereocenters. The maximum absolute atomic E-state index is 13.5. The first kappa shape index (κ1) is 23.6. The van der Waals surface area contributed by atoms with Gasteiger partial charge in [0.05, 0.1) is 21.8 Å². The highest BCUT2D eigenvalue weighted by atomic mass is 32.2. The first-order chi connectivity index (χ1) is 17.0. The van der Waals surface area contributed by atoms with Gasteiger partial charge in [0, 0.05) is 12.6 Å². The second kappa shape index (κ2) is 9.85. The molecule has 1 aliphatic rings. The standard InChI is InChI=1S/C27H31N5O2S/c1-4-30(20-10-6-5-7-11-20)24(33)19(3)35-27-29-28-26-31(21-16-14-18(2)15-17-21)25(34)22-12-8-9-13-23(22)32(26)27/h8-9,12-17,19-20H,4-7,10-11H2,1-3H3. The quantitative estimate of drug-likeness (QED) is 0.356. The predicted octanol–water partition coefficient (Wildman–Crippen LogP) is 5.00. The Balaban J connectivity index is 1.57. The van der Waals surface area contributed by atoms with Crippen LogP contribution in [0.2, 0.25) is 0 Å². The molecule has 0 spiro atoms. The van der Waals surface area contributed by atoms with Crippen molar-refractivity contribution in [3.05, 3.63) is 64.4 Å². The summed E-state index contributed by atoms with van der Waals surface area (Å²) in [7, 11) is 0. The summed E-state index contributed by atoms with van der Waals surface area (Å²) in [4.78, 5) is 29.0. The minimum absolute atomic E-state index is 0.136. The fourth-order valence-corrected chi connectivity index (χ4v) is 6.04. The summed E-state index contributed by atoms with van der Waals surface area (Å²) >= 11 is 1.41. The largest absolute Gasteiger partial charge is 0.339 e. The molecule has 0 bridgehead atoms. The number of aromatic nitrogens is 4. The van der Waals surface area contributed by atoms with Crippen molar-refractivity contribution >= 4 is 34.3 Å². The lowest BCUT2D eigenvalue weighted by atomic mass is 9.94. The Morgan fingerprint density at radius 1 is 1.09 bits per heavy atom. The lowest BCUT2D eigenvalue weighted by molar-refractivity contribution is -0.133. The van der Waals surface area contributed by atoms with Crippen molar-refractivity contribution in [2.75, 3.05) is 6.54 Å². The third-order valence-electron chi connectivity index (χ3n) is 6.96. The molecule has 8 heteroatoms. The number of rotatable bonds is 6. The number of amides is 1. The van der Waals surface area contributed by atoms with E-state index in [1.807, 2.05) is 71.7 Å². The van der Waals surface area contributed by atoms with Gasteiger partial charge < -0.3 is 4.90 Å². The summed E-state index contributed by atoms with van der Waals surface area (Å²) in [6.45, 7) is 6.73. The van der Waals surface area contributed by atoms with Crippen LogP contribution in [0.1, 0.15) is 51.5 Å². The van der Waals surface area contributed by atoms with E-state index in [9.17, 15) is 9.59 Å². The van der Waals surface area contributed by atoms with Gasteiger partial charge in [-0.3, -0.25) is 14.0 Å². The Hall–Kier alpha value is -3.13. The molecule has 0 radical (unpaired) electrons. The summed E-state index contributed by atoms with van der Waals surface area (Å²) in [6, 6.07) is 15.6. The summed E-state index contributed by atoms with van der Waals surface area (Å²) in [5, 5.41) is 9.76. The van der Waals surface area contributed by atoms with Crippen LogP contribution in [-0.2, 0) is 4.79 Å². The van der Waals surface area contributed by atoms with Gasteiger partial charge in [-0.05, 0) is 57.9 Å². The molecular weight excluding hydrogens is 458 g/mol. The van der Waals surface area contributed by atoms with Gasteiger partial charge >= 0.3 is 0 Å². The zero-order valence-electron chi connectivity index (χ0n) is 20.5. The van der Waals surface area contributed by atoms with E-state index in [2.05, 4.69) is 17.1 Å². The number of fused-ring (bicyclic) bond motifs is 3. The van der Waals surface area contributed by atoms with Gasteiger partial charge in [0.15, 0.2) is 5.16 Å². The molecule has 35 heavy (non-hydrogen) atoms. The minimum atomic E-state index is -0.317. The van der Waals surface area contributed by atoms with Crippen LogP contribution < -0.4 is 5.56 Å². The fourth-order valence-electron chi connectivity index (χ4n) is 5.11. The molecule has 1 saturated carbocycles. The third-order valence-corrected chi connectivity index (χ3v) is 7.99. The van der Waals surface area contributed by atoms with E-state index in [0.29, 0.717) is 28.9 Å². The normalized spacial score (nSPS) is 15.5. The number of carbonyl (C=O) groups excluding carboxylic acids is 1. The van der Waals surface area contributed by atoms with E-state index in [1.54, 1.807) is 4.57 Å². The van der Waals surface area contributed by atoms with Crippen LogP contribution >= 0.6 is 11.8 Å². The maximum atomic E-state index is 13.5. The number of para-hydroxylation sites is 1. The fraction of sp³-hybridized carbons (Fsp3) is 0.407. The molecule has 7 nitrogen and oxygen atoms in total. The third kappa shape index (κ3) is 4.35. The molecule has 1 aliphatic carbocycles. The van der Waals surface area contributed by atoms with Crippen LogP contribution in [0.15, 0.2) is 58.5 Å². The Labute approximate surface area is 209 Å². The van der Waals surface area contributed by atoms with E-state index in [1.165, 1.54) is 31.0 Å². The Morgan fingerprint density at radius 2 is 1.80 bits per heavy atom. The summed E-state index contributed by atoms with van der Waals surface area (Å²) in [5.41, 5.74) is 2.45. The zero-order chi connectivity index (χ0) is 24.5. The highest BCUT2D eigenvalue weighted by Crippen LogP contribution is 2.29. The van der Waals surface area contributed by atoms with Crippen LogP contribution in [0, 0.1) is 6.92 Å². The molecule has 1 amide bonds. The molecular formula is C27H31N5O2S. The van der Waals surface area contributed by atoms with Crippen molar-refractivity contribution < 1.29 is 4.79 Å². The SMILES string of the molecule is CCN(C(=O)C(C)Sc1nnc2n(-c3ccc(C)cc3)c(=O)c3ccccc3n12)C1CCCCC1. The number of thioether (sulfide) groups is 1. The number of carbonyl (C=O) groups is 1. The van der Waals surface area contributed by atoms with Crippen molar-refractivity contribution in [2.24, 2.45) is 0 Å². The molecule has 0 N–H and O–H groups in total. The van der Waals surface area contributed by atoms with E-state index in [4.69, 9.17) is 0 Å². The average molecular weight is 490 g/mol. The maximum Gasteiger partial charge on any atom is 0.267 e. The monoisotopic (exact) mass is 489 g/mol. The topological polar surface area (TPSA) is 72.5 Å². The molecule has 5 rings (SSSR count). The molecule has 0 aliphatic heterocycles. The van der Waals surface area contributed by atoms with Gasteiger partial charge in [-0.15, -0.1) is 10.2 Å². The van der Waals surface area contributed by atoms with Crippen molar-refractivity contribution in [2.45, 2.75) is 69.3 Å². The number of aryl methyl sites for hydroxylation is 1. The number of nitrogens with zero attached hydrogens (tertiary/aromatic N) is 5. The molecule has 1 atom stereocenters. The van der Waals surface area contributed by atoms with Crippen LogP contribution in [-0.4, -0.2) is 47.8 Å². The van der Waals surface area contributed by atoms with Crippen LogP contribution in [0.5, 0.6) is 0 Å². The second-order valence-corrected chi connectivity index (χ2v) is 10.6.